The van der Waals surface area contributed by atoms with Crippen molar-refractivity contribution in [2.45, 2.75) is 27.0 Å². The van der Waals surface area contributed by atoms with Crippen molar-refractivity contribution < 1.29 is 14.3 Å². The molecule has 1 heterocycles. The number of carbonyl (C=O) groups excluding carboxylic acids is 1. The van der Waals surface area contributed by atoms with Gasteiger partial charge in [-0.15, -0.1) is 11.3 Å². The van der Waals surface area contributed by atoms with Gasteiger partial charge in [0.25, 0.3) is 0 Å². The van der Waals surface area contributed by atoms with Gasteiger partial charge in [0.2, 0.25) is 0 Å². The van der Waals surface area contributed by atoms with Crippen molar-refractivity contribution in [3.63, 3.8) is 0 Å². The van der Waals surface area contributed by atoms with Crippen molar-refractivity contribution in [2.75, 3.05) is 32.2 Å². The largest absolute Gasteiger partial charge is 0.379 e. The zero-order valence-corrected chi connectivity index (χ0v) is 15.8. The molecule has 136 valence electrons. The molecule has 2 rings (SSSR count). The molecule has 0 bridgehead atoms. The monoisotopic (exact) mass is 363 g/mol. The molecule has 1 N–H and O–H groups in total. The normalized spacial score (nSPS) is 10.7. The molecule has 0 aliphatic heterocycles. The van der Waals surface area contributed by atoms with Crippen molar-refractivity contribution in [3.8, 4) is 0 Å². The second-order valence-electron chi connectivity index (χ2n) is 5.58. The molecule has 0 spiro atoms. The first-order chi connectivity index (χ1) is 12.1. The Hall–Kier alpha value is -1.96. The van der Waals surface area contributed by atoms with E-state index < -0.39 is 0 Å². The summed E-state index contributed by atoms with van der Waals surface area (Å²) in [5.41, 5.74) is 1.76. The van der Waals surface area contributed by atoms with Crippen LogP contribution in [0.2, 0.25) is 0 Å². The minimum Gasteiger partial charge on any atom is -0.379 e. The highest BCUT2D eigenvalue weighted by Crippen LogP contribution is 2.15. The molecule has 0 fully saturated rings. The Balaban J connectivity index is 1.82. The van der Waals surface area contributed by atoms with Crippen molar-refractivity contribution in [1.82, 2.24) is 9.88 Å². The van der Waals surface area contributed by atoms with E-state index in [0.717, 1.165) is 21.1 Å². The first kappa shape index (κ1) is 19.4. The zero-order chi connectivity index (χ0) is 18.1. The third-order valence-corrected chi connectivity index (χ3v) is 4.33. The Morgan fingerprint density at radius 1 is 1.32 bits per heavy atom. The summed E-state index contributed by atoms with van der Waals surface area (Å²) in [4.78, 5) is 19.2. The summed E-state index contributed by atoms with van der Waals surface area (Å²) in [6, 6.07) is 7.51. The highest BCUT2D eigenvalue weighted by Gasteiger charge is 2.11. The van der Waals surface area contributed by atoms with Gasteiger partial charge < -0.3 is 19.7 Å². The van der Waals surface area contributed by atoms with Gasteiger partial charge in [0.1, 0.15) is 0 Å². The highest BCUT2D eigenvalue weighted by molar-refractivity contribution is 7.11. The van der Waals surface area contributed by atoms with Crippen LogP contribution in [0.4, 0.5) is 10.5 Å². The summed E-state index contributed by atoms with van der Waals surface area (Å²) < 4.78 is 10.8. The molecule has 0 unspecified atom stereocenters. The minimum atomic E-state index is -0.152. The zero-order valence-electron chi connectivity index (χ0n) is 14.9. The number of ether oxygens (including phenoxy) is 2. The van der Waals surface area contributed by atoms with Crippen LogP contribution in [0.1, 0.15) is 22.4 Å². The molecule has 25 heavy (non-hydrogen) atoms. The van der Waals surface area contributed by atoms with Crippen LogP contribution in [0.15, 0.2) is 30.5 Å². The number of benzene rings is 1. The van der Waals surface area contributed by atoms with Crippen molar-refractivity contribution in [2.24, 2.45) is 0 Å². The van der Waals surface area contributed by atoms with Crippen LogP contribution in [0.3, 0.4) is 0 Å². The molecular weight excluding hydrogens is 338 g/mol. The molecule has 1 aromatic carbocycles. The quantitative estimate of drug-likeness (QED) is 0.691. The Morgan fingerprint density at radius 3 is 2.84 bits per heavy atom. The lowest BCUT2D eigenvalue weighted by Gasteiger charge is -2.17. The highest BCUT2D eigenvalue weighted by atomic mass is 32.1. The Kier molecular flexibility index (Phi) is 7.84. The topological polar surface area (TPSA) is 63.7 Å². The summed E-state index contributed by atoms with van der Waals surface area (Å²) >= 11 is 1.60. The number of nitrogens with zero attached hydrogens (tertiary/aromatic N) is 2. The number of aromatic nitrogens is 1. The summed E-state index contributed by atoms with van der Waals surface area (Å²) in [6.07, 6.45) is 1.81. The number of nitrogens with one attached hydrogen (secondary N) is 1. The maximum Gasteiger partial charge on any atom is 0.321 e. The lowest BCUT2D eigenvalue weighted by Crippen LogP contribution is -2.30. The predicted molar refractivity (Wildman–Crippen MR) is 99.9 cm³/mol. The van der Waals surface area contributed by atoms with E-state index >= 15 is 0 Å². The number of carbonyl (C=O) groups is 1. The van der Waals surface area contributed by atoms with Gasteiger partial charge in [-0.05, 0) is 31.5 Å². The van der Waals surface area contributed by atoms with Crippen LogP contribution < -0.4 is 5.32 Å². The van der Waals surface area contributed by atoms with Crippen LogP contribution in [0.5, 0.6) is 0 Å². The second kappa shape index (κ2) is 10.1. The molecule has 0 radical (unpaired) electrons. The lowest BCUT2D eigenvalue weighted by molar-refractivity contribution is 0.0453. The van der Waals surface area contributed by atoms with Gasteiger partial charge in [0.05, 0.1) is 31.4 Å². The first-order valence-corrected chi connectivity index (χ1v) is 9.08. The second-order valence-corrected chi connectivity index (χ2v) is 6.90. The number of thiazole rings is 1. The average Bonchev–Trinajstić information content (AvgIpc) is 3.00. The fourth-order valence-corrected chi connectivity index (χ4v) is 3.04. The first-order valence-electron chi connectivity index (χ1n) is 8.26. The number of hydrogen-bond acceptors (Lipinski definition) is 5. The maximum absolute atomic E-state index is 12.3. The lowest BCUT2D eigenvalue weighted by atomic mass is 10.2. The van der Waals surface area contributed by atoms with Crippen molar-refractivity contribution in [1.29, 1.82) is 0 Å². The van der Waals surface area contributed by atoms with Gasteiger partial charge in [-0.3, -0.25) is 0 Å². The molecule has 0 atom stereocenters. The number of rotatable bonds is 9. The van der Waals surface area contributed by atoms with E-state index in [-0.39, 0.29) is 6.03 Å². The summed E-state index contributed by atoms with van der Waals surface area (Å²) in [5.74, 6) is 0. The number of aryl methyl sites for hydroxylation is 1. The van der Waals surface area contributed by atoms with Gasteiger partial charge in [-0.2, -0.15) is 0 Å². The van der Waals surface area contributed by atoms with Crippen LogP contribution in [-0.2, 0) is 22.6 Å². The van der Waals surface area contributed by atoms with Gasteiger partial charge in [0.15, 0.2) is 0 Å². The van der Waals surface area contributed by atoms with Gasteiger partial charge in [0, 0.05) is 30.4 Å². The van der Waals surface area contributed by atoms with Crippen LogP contribution in [0.25, 0.3) is 0 Å². The Morgan fingerprint density at radius 2 is 2.12 bits per heavy atom. The Labute approximate surface area is 152 Å². The number of hydrogen-bond donors (Lipinski definition) is 1. The smallest absolute Gasteiger partial charge is 0.321 e. The van der Waals surface area contributed by atoms with Gasteiger partial charge in [-0.25, -0.2) is 9.78 Å². The Bertz CT molecular complexity index is 675. The predicted octanol–water partition coefficient (Wildman–Crippen LogP) is 3.67. The maximum atomic E-state index is 12.3. The van der Waals surface area contributed by atoms with E-state index in [1.807, 2.05) is 44.3 Å². The molecule has 0 aliphatic rings. The number of amides is 2. The van der Waals surface area contributed by atoms with Crippen molar-refractivity contribution in [3.05, 3.63) is 45.9 Å². The van der Waals surface area contributed by atoms with Crippen molar-refractivity contribution >= 4 is 23.1 Å². The molecular formula is C18H25N3O3S. The minimum absolute atomic E-state index is 0.152. The van der Waals surface area contributed by atoms with Crippen LogP contribution in [0, 0.1) is 6.92 Å². The molecule has 1 aromatic heterocycles. The summed E-state index contributed by atoms with van der Waals surface area (Å²) in [7, 11) is 1.77. The standard InChI is InChI=1S/C18H25N3O3S/c1-4-23-8-9-24-13-15-6-5-7-16(10-15)20-18(22)21(3)12-17-11-19-14(2)25-17/h5-7,10-11H,4,8-9,12-13H2,1-3H3,(H,20,22). The van der Waals surface area contributed by atoms with E-state index in [1.54, 1.807) is 23.3 Å². The van der Waals surface area contributed by atoms with Crippen LogP contribution >= 0.6 is 11.3 Å². The molecule has 2 amide bonds. The van der Waals surface area contributed by atoms with E-state index in [4.69, 9.17) is 9.47 Å². The van der Waals surface area contributed by atoms with Crippen LogP contribution in [-0.4, -0.2) is 42.8 Å². The van der Waals surface area contributed by atoms with E-state index in [2.05, 4.69) is 10.3 Å². The number of urea groups is 1. The molecule has 6 nitrogen and oxygen atoms in total. The van der Waals surface area contributed by atoms with E-state index in [1.165, 1.54) is 0 Å². The number of anilines is 1. The molecule has 2 aromatic rings. The van der Waals surface area contributed by atoms with E-state index in [0.29, 0.717) is 33.0 Å². The third kappa shape index (κ3) is 6.81. The molecule has 0 aliphatic carbocycles. The summed E-state index contributed by atoms with van der Waals surface area (Å²) in [6.45, 7) is 6.79. The fraction of sp³-hybridized carbons (Fsp3) is 0.444. The molecule has 7 heteroatoms. The van der Waals surface area contributed by atoms with E-state index in [9.17, 15) is 4.79 Å². The average molecular weight is 363 g/mol. The van der Waals surface area contributed by atoms with Gasteiger partial charge >= 0.3 is 6.03 Å². The third-order valence-electron chi connectivity index (χ3n) is 3.43. The summed E-state index contributed by atoms with van der Waals surface area (Å²) in [5, 5.41) is 3.91. The SMILES string of the molecule is CCOCCOCc1cccc(NC(=O)N(C)Cc2cnc(C)s2)c1. The fourth-order valence-electron chi connectivity index (χ4n) is 2.19. The molecule has 0 saturated carbocycles. The molecule has 0 saturated heterocycles. The van der Waals surface area contributed by atoms with Gasteiger partial charge in [-0.1, -0.05) is 12.1 Å².